The Morgan fingerprint density at radius 2 is 0.555 bits per heavy atom. The van der Waals surface area contributed by atoms with Gasteiger partial charge in [-0.05, 0) is 139 Å². The first-order valence-corrected chi connectivity index (χ1v) is 43.8. The summed E-state index contributed by atoms with van der Waals surface area (Å²) in [5, 5.41) is 17.6. The zero-order valence-corrected chi connectivity index (χ0v) is 68.9. The summed E-state index contributed by atoms with van der Waals surface area (Å²) in [5.74, 6) is 3.49. The number of hydrogen-bond acceptors (Lipinski definition) is 10. The highest BCUT2D eigenvalue weighted by molar-refractivity contribution is 7.26. The maximum absolute atomic E-state index is 7.33. The number of fused-ring (bicyclic) bond motifs is 26. The first kappa shape index (κ1) is 70.3. The van der Waals surface area contributed by atoms with Crippen LogP contribution >= 0.6 is 11.3 Å². The third-order valence-electron chi connectivity index (χ3n) is 26.1. The van der Waals surface area contributed by atoms with E-state index in [1.807, 2.05) is 72.8 Å². The molecule has 28 rings (SSSR count). The fourth-order valence-electron chi connectivity index (χ4n) is 20.4. The topological polar surface area (TPSA) is 136 Å². The van der Waals surface area contributed by atoms with Gasteiger partial charge >= 0.3 is 0 Å². The molecule has 0 bridgehead atoms. The second-order valence-electron chi connectivity index (χ2n) is 33.1. The smallest absolute Gasteiger partial charge is 0.167 e. The molecule has 0 fully saturated rings. The summed E-state index contributed by atoms with van der Waals surface area (Å²) in [7, 11) is 0. The fourth-order valence-corrected chi connectivity index (χ4v) is 21.7. The van der Waals surface area contributed by atoms with Crippen LogP contribution in [0.3, 0.4) is 0 Å². The van der Waals surface area contributed by atoms with E-state index in [-0.39, 0.29) is 0 Å². The molecule has 0 atom stereocenters. The van der Waals surface area contributed by atoms with Crippen molar-refractivity contribution < 1.29 is 13.3 Å². The monoisotopic (exact) mass is 1650 g/mol. The first-order valence-electron chi connectivity index (χ1n) is 43.0. The molecule has 594 valence electrons. The fraction of sp³-hybridized carbons (Fsp3) is 0. The predicted molar refractivity (Wildman–Crippen MR) is 523 cm³/mol. The summed E-state index contributed by atoms with van der Waals surface area (Å²) < 4.78 is 33.1. The van der Waals surface area contributed by atoms with E-state index in [4.69, 9.17) is 43.2 Å². The lowest BCUT2D eigenvalue weighted by molar-refractivity contribution is 0.667. The number of benzene rings is 18. The van der Waals surface area contributed by atoms with E-state index in [1.165, 1.54) is 10.1 Å². The van der Waals surface area contributed by atoms with E-state index in [2.05, 4.69) is 334 Å². The highest BCUT2D eigenvalue weighted by Gasteiger charge is 2.28. The third-order valence-corrected chi connectivity index (χ3v) is 27.4. The van der Waals surface area contributed by atoms with Gasteiger partial charge in [0.1, 0.15) is 27.9 Å². The van der Waals surface area contributed by atoms with E-state index in [1.54, 1.807) is 11.3 Å². The molecule has 0 amide bonds. The average molecular weight is 1650 g/mol. The third kappa shape index (κ3) is 10.4. The van der Waals surface area contributed by atoms with Crippen LogP contribution in [0.15, 0.2) is 401 Å². The molecular formula is C114H64N10O3S. The number of aromatic nitrogens is 10. The van der Waals surface area contributed by atoms with Crippen LogP contribution in [0.25, 0.3) is 275 Å². The van der Waals surface area contributed by atoms with Crippen molar-refractivity contribution in [3.8, 4) is 102 Å². The lowest BCUT2D eigenvalue weighted by atomic mass is 10.0. The summed E-state index contributed by atoms with van der Waals surface area (Å²) in [6, 6.07) is 137. The van der Waals surface area contributed by atoms with Crippen LogP contribution in [0.1, 0.15) is 0 Å². The molecule has 13 nitrogen and oxygen atoms in total. The van der Waals surface area contributed by atoms with Gasteiger partial charge < -0.3 is 31.5 Å². The Morgan fingerprint density at radius 3 is 1.12 bits per heavy atom. The zero-order chi connectivity index (χ0) is 83.5. The minimum atomic E-state index is 0.500. The molecule has 0 aliphatic carbocycles. The maximum atomic E-state index is 7.33. The van der Waals surface area contributed by atoms with Gasteiger partial charge in [0, 0.05) is 119 Å². The molecule has 10 heterocycles. The molecule has 14 heteroatoms. The second kappa shape index (κ2) is 27.1. The van der Waals surface area contributed by atoms with Crippen LogP contribution in [-0.4, -0.2) is 48.2 Å². The normalized spacial score (nSPS) is 12.2. The molecule has 0 aliphatic rings. The van der Waals surface area contributed by atoms with Gasteiger partial charge in [-0.15, -0.1) is 11.3 Å². The van der Waals surface area contributed by atoms with Crippen LogP contribution in [0.4, 0.5) is 0 Å². The molecule has 10 aromatic heterocycles. The van der Waals surface area contributed by atoms with Crippen molar-refractivity contribution in [3.63, 3.8) is 0 Å². The van der Waals surface area contributed by atoms with Crippen molar-refractivity contribution in [1.29, 1.82) is 0 Å². The SMILES string of the molecule is c1ccc(-c2nc(-c3ccc(-c4ccc5c(c4)oc4c5ccc5c4c4ccccc4n5-c4ccc5c(c4)c4ccccc4n5-c4cccc5c4sc4c(-c6nc(-c7ccccc7)nc(-c7ccccc7)n6)cccc45)cc3)nc(-c3cccc4c3oc3c(-n5c6ccccc6c6cc(-n7c8ccccc8c8c9oc%10ccccc%10c9ccc87)ccc65)cccc34)n2)cc1. The highest BCUT2D eigenvalue weighted by Crippen LogP contribution is 2.50. The van der Waals surface area contributed by atoms with E-state index in [0.29, 0.717) is 40.5 Å². The van der Waals surface area contributed by atoms with Crippen LogP contribution < -0.4 is 0 Å². The lowest BCUT2D eigenvalue weighted by Crippen LogP contribution is -2.00. The molecule has 0 saturated carbocycles. The molecule has 18 aromatic carbocycles. The van der Waals surface area contributed by atoms with Gasteiger partial charge in [0.05, 0.1) is 76.5 Å². The largest absolute Gasteiger partial charge is 0.455 e. The van der Waals surface area contributed by atoms with Gasteiger partial charge in [-0.1, -0.05) is 261 Å². The summed E-state index contributed by atoms with van der Waals surface area (Å²) in [6.45, 7) is 0. The Bertz CT molecular complexity index is 9550. The molecule has 0 N–H and O–H groups in total. The Labute approximate surface area is 731 Å². The number of rotatable bonds is 11. The Kier molecular flexibility index (Phi) is 14.9. The van der Waals surface area contributed by atoms with Crippen LogP contribution in [0.2, 0.25) is 0 Å². The second-order valence-corrected chi connectivity index (χ2v) is 34.1. The van der Waals surface area contributed by atoms with Crippen molar-refractivity contribution in [3.05, 3.63) is 388 Å². The van der Waals surface area contributed by atoms with Crippen LogP contribution in [-0.2, 0) is 0 Å². The van der Waals surface area contributed by atoms with Crippen LogP contribution in [0.5, 0.6) is 0 Å². The van der Waals surface area contributed by atoms with Gasteiger partial charge in [-0.25, -0.2) is 29.9 Å². The molecular weight excluding hydrogens is 1590 g/mol. The average Bonchev–Trinajstić information content (AvgIpc) is 1.55. The van der Waals surface area contributed by atoms with Crippen molar-refractivity contribution in [2.45, 2.75) is 0 Å². The van der Waals surface area contributed by atoms with Crippen molar-refractivity contribution in [2.24, 2.45) is 0 Å². The molecule has 128 heavy (non-hydrogen) atoms. The quantitative estimate of drug-likeness (QED) is 0.124. The Balaban J connectivity index is 0.516. The van der Waals surface area contributed by atoms with Gasteiger partial charge in [-0.2, -0.15) is 0 Å². The zero-order valence-electron chi connectivity index (χ0n) is 68.1. The number of thiophene rings is 1. The van der Waals surface area contributed by atoms with Gasteiger partial charge in [-0.3, -0.25) is 0 Å². The minimum absolute atomic E-state index is 0.500. The van der Waals surface area contributed by atoms with E-state index in [9.17, 15) is 0 Å². The lowest BCUT2D eigenvalue weighted by Gasteiger charge is -2.11. The predicted octanol–water partition coefficient (Wildman–Crippen LogP) is 30.2. The van der Waals surface area contributed by atoms with Crippen molar-refractivity contribution in [2.75, 3.05) is 0 Å². The number of para-hydroxylation sites is 7. The molecule has 0 spiro atoms. The molecule has 0 saturated heterocycles. The highest BCUT2D eigenvalue weighted by atomic mass is 32.1. The van der Waals surface area contributed by atoms with Crippen LogP contribution in [0, 0.1) is 0 Å². The number of furan rings is 3. The Morgan fingerprint density at radius 1 is 0.188 bits per heavy atom. The van der Waals surface area contributed by atoms with E-state index < -0.39 is 0 Å². The molecule has 0 aliphatic heterocycles. The summed E-state index contributed by atoms with van der Waals surface area (Å²) in [6.07, 6.45) is 0. The molecule has 0 radical (unpaired) electrons. The summed E-state index contributed by atoms with van der Waals surface area (Å²) in [5.41, 5.74) is 25.0. The first-order chi connectivity index (χ1) is 63.5. The Hall–Kier alpha value is -17.2. The number of hydrogen-bond donors (Lipinski definition) is 0. The van der Waals surface area contributed by atoms with E-state index >= 15 is 0 Å². The summed E-state index contributed by atoms with van der Waals surface area (Å²) in [4.78, 5) is 31.3. The molecule has 28 aromatic rings. The summed E-state index contributed by atoms with van der Waals surface area (Å²) >= 11 is 1.79. The van der Waals surface area contributed by atoms with Crippen molar-refractivity contribution in [1.82, 2.24) is 48.2 Å². The van der Waals surface area contributed by atoms with Gasteiger partial charge in [0.25, 0.3) is 0 Å². The molecule has 0 unspecified atom stereocenters. The van der Waals surface area contributed by atoms with Gasteiger partial charge in [0.2, 0.25) is 0 Å². The van der Waals surface area contributed by atoms with Gasteiger partial charge in [0.15, 0.2) is 40.5 Å². The standard InChI is InChI=1S/C114H64N10O3S/c1-4-24-66(25-5-1)109-116-112(118-113(117-109)85-39-20-35-77-78-36-22-45-97(104(78)127-103(77)85)123-89-41-15-10-30-73(89)87-63-71(53-58-93(87)123)121-91-43-17-12-33-83(91)101-95(121)60-56-79-75-32-14-19-47-99(75)125-105(79)101)69-50-48-65(49-51-69)70-52-55-76-80-57-61-96-102(106(80)126-100(76)62-70)84-34-13-18-44-92(84)122(96)72-54-59-94-88(64-72)74-31-11-16-42-90(74)124(94)98-46-23-38-82-81-37-21-40-86(107(81)128-108(82)98)114-119-110(67-26-6-2-7-27-67)115-111(120-114)68-28-8-3-9-29-68/h1-64H. The van der Waals surface area contributed by atoms with Crippen molar-refractivity contribution >= 4 is 185 Å². The maximum Gasteiger partial charge on any atom is 0.167 e. The van der Waals surface area contributed by atoms with E-state index in [0.717, 1.165) is 225 Å². The minimum Gasteiger partial charge on any atom is -0.455 e. The number of nitrogens with zero attached hydrogens (tertiary/aromatic N) is 10.